The van der Waals surface area contributed by atoms with Crippen molar-refractivity contribution in [2.45, 2.75) is 51.1 Å². The van der Waals surface area contributed by atoms with E-state index in [0.717, 1.165) is 18.2 Å². The molecule has 0 saturated heterocycles. The highest BCUT2D eigenvalue weighted by Gasteiger charge is 2.58. The zero-order valence-corrected chi connectivity index (χ0v) is 12.1. The van der Waals surface area contributed by atoms with E-state index in [4.69, 9.17) is 10.5 Å². The summed E-state index contributed by atoms with van der Waals surface area (Å²) in [6.45, 7) is 3.45. The summed E-state index contributed by atoms with van der Waals surface area (Å²) < 4.78 is 82.6. The molecule has 0 saturated carbocycles. The first-order valence-corrected chi connectivity index (χ1v) is 6.70. The Morgan fingerprint density at radius 2 is 1.50 bits per heavy atom. The Morgan fingerprint density at radius 3 is 1.91 bits per heavy atom. The number of nitrogens with two attached hydrogens (primary N) is 1. The van der Waals surface area contributed by atoms with Crippen molar-refractivity contribution in [3.8, 4) is 5.75 Å². The zero-order chi connectivity index (χ0) is 17.1. The van der Waals surface area contributed by atoms with Crippen LogP contribution in [-0.4, -0.2) is 18.5 Å². The van der Waals surface area contributed by atoms with E-state index in [0.29, 0.717) is 12.8 Å². The fourth-order valence-corrected chi connectivity index (χ4v) is 2.06. The first kappa shape index (κ1) is 18.4. The average molecular weight is 329 g/mol. The lowest BCUT2D eigenvalue weighted by molar-refractivity contribution is -0.254. The minimum absolute atomic E-state index is 0.0350. The highest BCUT2D eigenvalue weighted by atomic mass is 19.4. The van der Waals surface area contributed by atoms with Gasteiger partial charge in [-0.1, -0.05) is 19.9 Å². The van der Waals surface area contributed by atoms with Gasteiger partial charge in [-0.25, -0.2) is 0 Å². The van der Waals surface area contributed by atoms with Crippen molar-refractivity contribution >= 4 is 5.69 Å². The maximum absolute atomic E-state index is 12.9. The molecule has 0 aliphatic rings. The maximum atomic E-state index is 12.9. The van der Waals surface area contributed by atoms with Gasteiger partial charge in [0.2, 0.25) is 0 Å². The number of anilines is 1. The number of hydrogen-bond acceptors (Lipinski definition) is 2. The topological polar surface area (TPSA) is 35.2 Å². The van der Waals surface area contributed by atoms with Crippen molar-refractivity contribution < 1.29 is 31.1 Å². The van der Waals surface area contributed by atoms with Crippen LogP contribution >= 0.6 is 0 Å². The second-order valence-corrected chi connectivity index (χ2v) is 4.87. The van der Waals surface area contributed by atoms with Gasteiger partial charge < -0.3 is 10.5 Å². The quantitative estimate of drug-likeness (QED) is 0.606. The molecule has 0 radical (unpaired) electrons. The molecule has 8 heteroatoms. The molecule has 0 bridgehead atoms. The van der Waals surface area contributed by atoms with Crippen molar-refractivity contribution in [3.63, 3.8) is 0 Å². The van der Waals surface area contributed by atoms with Crippen molar-refractivity contribution in [2.75, 3.05) is 5.73 Å². The number of ether oxygens (including phenoxy) is 1. The van der Waals surface area contributed by atoms with E-state index in [2.05, 4.69) is 0 Å². The summed E-state index contributed by atoms with van der Waals surface area (Å²) in [6.07, 6.45) is -10.5. The monoisotopic (exact) mass is 329 g/mol. The van der Waals surface area contributed by atoms with E-state index in [1.165, 1.54) is 0 Å². The van der Waals surface area contributed by atoms with Crippen molar-refractivity contribution in [1.82, 2.24) is 0 Å². The molecule has 1 aromatic rings. The van der Waals surface area contributed by atoms with Gasteiger partial charge in [0.15, 0.2) is 5.92 Å². The van der Waals surface area contributed by atoms with Crippen LogP contribution in [0.3, 0.4) is 0 Å². The van der Waals surface area contributed by atoms with E-state index in [1.807, 2.05) is 0 Å². The molecular formula is C14H17F6NO. The Labute approximate surface area is 124 Å². The standard InChI is InChI=1S/C14H17F6NO/c1-3-9(4-2)22-11-7-8(21)5-6-10(11)12(13(15,16)17)14(18,19)20/h5-7,9,12H,3-4,21H2,1-2H3. The molecule has 0 heterocycles. The lowest BCUT2D eigenvalue weighted by Crippen LogP contribution is -2.34. The Hall–Kier alpha value is -1.60. The molecule has 0 unspecified atom stereocenters. The van der Waals surface area contributed by atoms with Crippen LogP contribution in [0.25, 0.3) is 0 Å². The Morgan fingerprint density at radius 1 is 1.00 bits per heavy atom. The van der Waals surface area contributed by atoms with Crippen LogP contribution in [0, 0.1) is 0 Å². The van der Waals surface area contributed by atoms with Crippen molar-refractivity contribution in [1.29, 1.82) is 0 Å². The van der Waals surface area contributed by atoms with Crippen molar-refractivity contribution in [3.05, 3.63) is 23.8 Å². The summed E-state index contributed by atoms with van der Waals surface area (Å²) in [5, 5.41) is 0. The van der Waals surface area contributed by atoms with Gasteiger partial charge in [-0.15, -0.1) is 0 Å². The number of alkyl halides is 6. The summed E-state index contributed by atoms with van der Waals surface area (Å²) in [4.78, 5) is 0. The van der Waals surface area contributed by atoms with Gasteiger partial charge in [0, 0.05) is 17.3 Å². The van der Waals surface area contributed by atoms with Gasteiger partial charge in [-0.05, 0) is 18.9 Å². The van der Waals surface area contributed by atoms with Gasteiger partial charge in [-0.2, -0.15) is 26.3 Å². The Bertz CT molecular complexity index is 479. The molecule has 22 heavy (non-hydrogen) atoms. The van der Waals surface area contributed by atoms with Crippen molar-refractivity contribution in [2.24, 2.45) is 0 Å². The number of halogens is 6. The third-order valence-electron chi connectivity index (χ3n) is 3.21. The van der Waals surface area contributed by atoms with Crippen LogP contribution < -0.4 is 10.5 Å². The molecule has 0 aliphatic heterocycles. The smallest absolute Gasteiger partial charge is 0.404 e. The number of nitrogen functional groups attached to an aromatic ring is 1. The molecule has 0 aliphatic carbocycles. The Balaban J connectivity index is 3.38. The molecule has 126 valence electrons. The summed E-state index contributed by atoms with van der Waals surface area (Å²) in [5.41, 5.74) is 4.53. The molecule has 2 nitrogen and oxygen atoms in total. The van der Waals surface area contributed by atoms with E-state index in [-0.39, 0.29) is 5.69 Å². The first-order valence-electron chi connectivity index (χ1n) is 6.70. The second kappa shape index (κ2) is 6.66. The van der Waals surface area contributed by atoms with Crippen LogP contribution in [-0.2, 0) is 0 Å². The molecule has 1 rings (SSSR count). The van der Waals surface area contributed by atoms with Gasteiger partial charge >= 0.3 is 12.4 Å². The van der Waals surface area contributed by atoms with Crippen LogP contribution in [0.2, 0.25) is 0 Å². The van der Waals surface area contributed by atoms with Crippen LogP contribution in [0.1, 0.15) is 38.2 Å². The molecule has 0 aromatic heterocycles. The molecular weight excluding hydrogens is 312 g/mol. The average Bonchev–Trinajstić information content (AvgIpc) is 2.35. The SMILES string of the molecule is CCC(CC)Oc1cc(N)ccc1C(C(F)(F)F)C(F)(F)F. The third-order valence-corrected chi connectivity index (χ3v) is 3.21. The fraction of sp³-hybridized carbons (Fsp3) is 0.571. The van der Waals surface area contributed by atoms with E-state index < -0.39 is 35.7 Å². The summed E-state index contributed by atoms with van der Waals surface area (Å²) in [5.74, 6) is -4.08. The summed E-state index contributed by atoms with van der Waals surface area (Å²) >= 11 is 0. The lowest BCUT2D eigenvalue weighted by Gasteiger charge is -2.27. The molecule has 1 aromatic carbocycles. The molecule has 2 N–H and O–H groups in total. The molecule has 0 fully saturated rings. The number of benzene rings is 1. The third kappa shape index (κ3) is 4.45. The van der Waals surface area contributed by atoms with Crippen LogP contribution in [0.5, 0.6) is 5.75 Å². The predicted molar refractivity (Wildman–Crippen MR) is 70.7 cm³/mol. The van der Waals surface area contributed by atoms with E-state index in [1.54, 1.807) is 13.8 Å². The summed E-state index contributed by atoms with van der Waals surface area (Å²) in [7, 11) is 0. The fourth-order valence-electron chi connectivity index (χ4n) is 2.06. The van der Waals surface area contributed by atoms with Gasteiger partial charge in [0.05, 0.1) is 6.10 Å². The number of hydrogen-bond donors (Lipinski definition) is 1. The largest absolute Gasteiger partial charge is 0.490 e. The number of rotatable bonds is 5. The lowest BCUT2D eigenvalue weighted by atomic mass is 9.96. The van der Waals surface area contributed by atoms with Gasteiger partial charge in [0.1, 0.15) is 5.75 Å². The van der Waals surface area contributed by atoms with E-state index in [9.17, 15) is 26.3 Å². The van der Waals surface area contributed by atoms with Crippen LogP contribution in [0.4, 0.5) is 32.0 Å². The molecule has 0 spiro atoms. The minimum atomic E-state index is -5.47. The predicted octanol–water partition coefficient (Wildman–Crippen LogP) is 5.04. The summed E-state index contributed by atoms with van der Waals surface area (Å²) in [6, 6.07) is 2.72. The first-order chi connectivity index (χ1) is 10.0. The van der Waals surface area contributed by atoms with Gasteiger partial charge in [0.25, 0.3) is 0 Å². The normalized spacial score (nSPS) is 13.0. The van der Waals surface area contributed by atoms with Crippen LogP contribution in [0.15, 0.2) is 18.2 Å². The highest BCUT2D eigenvalue weighted by molar-refractivity contribution is 5.50. The highest BCUT2D eigenvalue weighted by Crippen LogP contribution is 2.49. The maximum Gasteiger partial charge on any atom is 0.404 e. The second-order valence-electron chi connectivity index (χ2n) is 4.87. The van der Waals surface area contributed by atoms with Gasteiger partial charge in [-0.3, -0.25) is 0 Å². The van der Waals surface area contributed by atoms with E-state index >= 15 is 0 Å². The Kier molecular flexibility index (Phi) is 5.59. The minimum Gasteiger partial charge on any atom is -0.490 e. The molecule has 0 amide bonds. The molecule has 0 atom stereocenters. The zero-order valence-electron chi connectivity index (χ0n) is 12.1.